The van der Waals surface area contributed by atoms with Gasteiger partial charge in [-0.05, 0) is 6.92 Å². The van der Waals surface area contributed by atoms with Crippen LogP contribution >= 0.6 is 0 Å². The molecule has 0 spiro atoms. The first kappa shape index (κ1) is 4.09. The van der Waals surface area contributed by atoms with Gasteiger partial charge in [0.2, 0.25) is 0 Å². The molecular formula is C4H7O2. The fourth-order valence-electron chi connectivity index (χ4n) is 0.367. The van der Waals surface area contributed by atoms with E-state index in [1.54, 1.807) is 6.92 Å². The van der Waals surface area contributed by atoms with E-state index in [2.05, 4.69) is 0 Å². The molecule has 0 amide bonds. The quantitative estimate of drug-likeness (QED) is 0.415. The maximum atomic E-state index is 10.2. The molecule has 2 unspecified atom stereocenters. The molecule has 1 radical (unpaired) electrons. The maximum Gasteiger partial charge on any atom is 0.142 e. The smallest absolute Gasteiger partial charge is 0.142 e. The van der Waals surface area contributed by atoms with Crippen molar-refractivity contribution in [3.63, 3.8) is 0 Å². The molecule has 0 saturated carbocycles. The van der Waals surface area contributed by atoms with Crippen molar-refractivity contribution in [3.05, 3.63) is 0 Å². The molecule has 0 aromatic carbocycles. The van der Waals surface area contributed by atoms with E-state index in [-0.39, 0.29) is 6.10 Å². The van der Waals surface area contributed by atoms with E-state index in [0.717, 1.165) is 0 Å². The molecule has 0 N–H and O–H groups in total. The van der Waals surface area contributed by atoms with Gasteiger partial charge in [-0.25, -0.2) is 5.11 Å². The number of ether oxygens (including phenoxy) is 1. The molecule has 2 heteroatoms. The molecule has 1 aliphatic heterocycles. The summed E-state index contributed by atoms with van der Waals surface area (Å²) in [5.41, 5.74) is 0. The van der Waals surface area contributed by atoms with Gasteiger partial charge in [0.15, 0.2) is 0 Å². The molecule has 1 saturated heterocycles. The van der Waals surface area contributed by atoms with Crippen LogP contribution in [0.15, 0.2) is 0 Å². The molecule has 0 bridgehead atoms. The largest absolute Gasteiger partial charge is 0.373 e. The highest BCUT2D eigenvalue weighted by molar-refractivity contribution is 4.71. The second kappa shape index (κ2) is 1.21. The van der Waals surface area contributed by atoms with Gasteiger partial charge in [0.1, 0.15) is 6.10 Å². The fourth-order valence-corrected chi connectivity index (χ4v) is 0.367. The van der Waals surface area contributed by atoms with Crippen LogP contribution in [0.5, 0.6) is 0 Å². The number of rotatable bonds is 0. The number of hydrogen-bond donors (Lipinski definition) is 0. The summed E-state index contributed by atoms with van der Waals surface area (Å²) < 4.78 is 4.73. The van der Waals surface area contributed by atoms with E-state index in [1.807, 2.05) is 0 Å². The van der Waals surface area contributed by atoms with Crippen molar-refractivity contribution in [1.82, 2.24) is 0 Å². The molecule has 0 aliphatic carbocycles. The monoisotopic (exact) mass is 87.0 g/mol. The van der Waals surface area contributed by atoms with E-state index in [9.17, 15) is 5.11 Å². The molecule has 2 nitrogen and oxygen atoms in total. The minimum absolute atomic E-state index is 0.0231. The third-order valence-corrected chi connectivity index (χ3v) is 1.05. The second-order valence-electron chi connectivity index (χ2n) is 1.58. The summed E-state index contributed by atoms with van der Waals surface area (Å²) in [4.78, 5) is 0. The summed E-state index contributed by atoms with van der Waals surface area (Å²) in [5, 5.41) is 10.2. The first-order chi connectivity index (χ1) is 2.80. The van der Waals surface area contributed by atoms with Gasteiger partial charge in [-0.1, -0.05) is 0 Å². The molecule has 1 heterocycles. The lowest BCUT2D eigenvalue weighted by Crippen LogP contribution is -2.41. The Bertz CT molecular complexity index is 45.5. The highest BCUT2D eigenvalue weighted by Crippen LogP contribution is 2.10. The second-order valence-corrected chi connectivity index (χ2v) is 1.58. The minimum Gasteiger partial charge on any atom is -0.373 e. The van der Waals surface area contributed by atoms with Crippen LogP contribution in [0.1, 0.15) is 6.92 Å². The van der Waals surface area contributed by atoms with Gasteiger partial charge in [0.05, 0.1) is 12.7 Å². The molecule has 1 fully saturated rings. The Morgan fingerprint density at radius 1 is 1.83 bits per heavy atom. The average Bonchev–Trinajstić information content (AvgIpc) is 1.61. The molecule has 1 rings (SSSR count). The van der Waals surface area contributed by atoms with Crippen molar-refractivity contribution < 1.29 is 9.84 Å². The summed E-state index contributed by atoms with van der Waals surface area (Å²) in [6.07, 6.45) is -0.463. The molecular weight excluding hydrogens is 80.0 g/mol. The van der Waals surface area contributed by atoms with Crippen LogP contribution in [-0.4, -0.2) is 18.8 Å². The van der Waals surface area contributed by atoms with Crippen LogP contribution in [0, 0.1) is 0 Å². The molecule has 35 valence electrons. The lowest BCUT2D eigenvalue weighted by atomic mass is 10.2. The van der Waals surface area contributed by atoms with Crippen LogP contribution < -0.4 is 0 Å². The molecule has 0 aromatic heterocycles. The van der Waals surface area contributed by atoms with Gasteiger partial charge in [-0.2, -0.15) is 0 Å². The van der Waals surface area contributed by atoms with Crippen molar-refractivity contribution >= 4 is 0 Å². The van der Waals surface area contributed by atoms with Gasteiger partial charge in [0, 0.05) is 0 Å². The maximum absolute atomic E-state index is 10.2. The summed E-state index contributed by atoms with van der Waals surface area (Å²) in [6.45, 7) is 2.21. The van der Waals surface area contributed by atoms with Crippen molar-refractivity contribution in [3.8, 4) is 0 Å². The van der Waals surface area contributed by atoms with Crippen molar-refractivity contribution in [2.24, 2.45) is 0 Å². The Kier molecular flexibility index (Phi) is 0.821. The van der Waals surface area contributed by atoms with Crippen LogP contribution in [0.2, 0.25) is 0 Å². The third-order valence-electron chi connectivity index (χ3n) is 1.05. The minimum atomic E-state index is -0.440. The lowest BCUT2D eigenvalue weighted by Gasteiger charge is -2.26. The van der Waals surface area contributed by atoms with Crippen LogP contribution in [0.25, 0.3) is 0 Å². The van der Waals surface area contributed by atoms with Gasteiger partial charge < -0.3 is 4.74 Å². The predicted molar refractivity (Wildman–Crippen MR) is 19.9 cm³/mol. The van der Waals surface area contributed by atoms with Crippen molar-refractivity contribution in [1.29, 1.82) is 0 Å². The topological polar surface area (TPSA) is 29.1 Å². The SMILES string of the molecule is CC1OCC1[O]. The lowest BCUT2D eigenvalue weighted by molar-refractivity contribution is -0.179. The first-order valence-corrected chi connectivity index (χ1v) is 2.08. The summed E-state index contributed by atoms with van der Waals surface area (Å²) in [5.74, 6) is 0. The zero-order valence-electron chi connectivity index (χ0n) is 3.68. The molecule has 2 atom stereocenters. The van der Waals surface area contributed by atoms with Gasteiger partial charge in [-0.15, -0.1) is 0 Å². The zero-order valence-corrected chi connectivity index (χ0v) is 3.68. The number of hydrogen-bond acceptors (Lipinski definition) is 1. The van der Waals surface area contributed by atoms with E-state index in [1.165, 1.54) is 0 Å². The highest BCUT2D eigenvalue weighted by atomic mass is 16.5. The molecule has 1 aliphatic rings. The normalized spacial score (nSPS) is 45.0. The van der Waals surface area contributed by atoms with Crippen molar-refractivity contribution in [2.75, 3.05) is 6.61 Å². The van der Waals surface area contributed by atoms with Crippen LogP contribution in [0.3, 0.4) is 0 Å². The Morgan fingerprint density at radius 3 is 2.33 bits per heavy atom. The Morgan fingerprint density at radius 2 is 2.33 bits per heavy atom. The third kappa shape index (κ3) is 0.420. The Balaban J connectivity index is 2.20. The zero-order chi connectivity index (χ0) is 4.57. The van der Waals surface area contributed by atoms with Gasteiger partial charge in [0.25, 0.3) is 0 Å². The highest BCUT2D eigenvalue weighted by Gasteiger charge is 2.26. The van der Waals surface area contributed by atoms with Crippen LogP contribution in [0.4, 0.5) is 0 Å². The summed E-state index contributed by atoms with van der Waals surface area (Å²) in [7, 11) is 0. The van der Waals surface area contributed by atoms with E-state index in [0.29, 0.717) is 6.61 Å². The molecule has 0 aromatic rings. The predicted octanol–water partition coefficient (Wildman–Crippen LogP) is 0.204. The first-order valence-electron chi connectivity index (χ1n) is 2.08. The van der Waals surface area contributed by atoms with E-state index < -0.39 is 6.10 Å². The van der Waals surface area contributed by atoms with Crippen LogP contribution in [-0.2, 0) is 9.84 Å². The van der Waals surface area contributed by atoms with E-state index >= 15 is 0 Å². The Hall–Kier alpha value is -0.0800. The summed E-state index contributed by atoms with van der Waals surface area (Å²) in [6, 6.07) is 0. The van der Waals surface area contributed by atoms with Crippen molar-refractivity contribution in [2.45, 2.75) is 19.1 Å². The van der Waals surface area contributed by atoms with Gasteiger partial charge >= 0.3 is 0 Å². The van der Waals surface area contributed by atoms with E-state index in [4.69, 9.17) is 4.74 Å². The molecule has 6 heavy (non-hydrogen) atoms. The average molecular weight is 87.1 g/mol. The fraction of sp³-hybridized carbons (Fsp3) is 1.00. The summed E-state index contributed by atoms with van der Waals surface area (Å²) >= 11 is 0. The van der Waals surface area contributed by atoms with Gasteiger partial charge in [-0.3, -0.25) is 0 Å². The standard InChI is InChI=1S/C4H7O2/c1-3-4(5)2-6-3/h3-4H,2H2,1H3. The Labute approximate surface area is 36.7 Å².